The van der Waals surface area contributed by atoms with Crippen molar-refractivity contribution in [2.24, 2.45) is 5.92 Å². The lowest BCUT2D eigenvalue weighted by molar-refractivity contribution is 0.00274. The summed E-state index contributed by atoms with van der Waals surface area (Å²) < 4.78 is 7.88. The van der Waals surface area contributed by atoms with Crippen LogP contribution in [0.5, 0.6) is 5.75 Å². The highest BCUT2D eigenvalue weighted by Gasteiger charge is 2.53. The van der Waals surface area contributed by atoms with E-state index in [0.717, 1.165) is 17.4 Å². The Bertz CT molecular complexity index is 785. The van der Waals surface area contributed by atoms with Crippen LogP contribution in [0.4, 0.5) is 0 Å². The van der Waals surface area contributed by atoms with Crippen LogP contribution in [0, 0.1) is 5.92 Å². The minimum Gasteiger partial charge on any atom is -0.495 e. The molecule has 25 heavy (non-hydrogen) atoms. The van der Waals surface area contributed by atoms with E-state index in [2.05, 4.69) is 33.6 Å². The van der Waals surface area contributed by atoms with Crippen molar-refractivity contribution in [3.8, 4) is 11.4 Å². The van der Waals surface area contributed by atoms with Crippen molar-refractivity contribution >= 4 is 0 Å². The Balaban J connectivity index is 1.70. The molecular formula is C21H27N3O. The molecule has 3 atom stereocenters. The number of methoxy groups -OCH3 is 1. The largest absolute Gasteiger partial charge is 0.495 e. The number of rotatable bonds is 2. The zero-order chi connectivity index (χ0) is 17.0. The predicted molar refractivity (Wildman–Crippen MR) is 98.5 cm³/mol. The molecule has 0 amide bonds. The lowest BCUT2D eigenvalue weighted by Gasteiger charge is -2.58. The monoisotopic (exact) mass is 337 g/mol. The van der Waals surface area contributed by atoms with Gasteiger partial charge in [0.2, 0.25) is 0 Å². The first kappa shape index (κ1) is 15.4. The van der Waals surface area contributed by atoms with Crippen molar-refractivity contribution in [3.63, 3.8) is 0 Å². The Labute approximate surface area is 149 Å². The molecule has 2 heterocycles. The average molecular weight is 337 g/mol. The maximum atomic E-state index is 5.81. The van der Waals surface area contributed by atoms with Gasteiger partial charge in [-0.3, -0.25) is 0 Å². The molecule has 0 spiro atoms. The number of hydrogen-bond acceptors (Lipinski definition) is 3. The molecule has 132 valence electrons. The zero-order valence-corrected chi connectivity index (χ0v) is 15.2. The molecule has 1 saturated carbocycles. The highest BCUT2D eigenvalue weighted by Crippen LogP contribution is 2.56. The van der Waals surface area contributed by atoms with Gasteiger partial charge >= 0.3 is 0 Å². The summed E-state index contributed by atoms with van der Waals surface area (Å²) >= 11 is 0. The van der Waals surface area contributed by atoms with E-state index in [1.165, 1.54) is 50.6 Å². The molecule has 1 aromatic heterocycles. The lowest BCUT2D eigenvalue weighted by atomic mass is 9.52. The third-order valence-electron chi connectivity index (χ3n) is 7.19. The van der Waals surface area contributed by atoms with Crippen LogP contribution in [0.25, 0.3) is 5.69 Å². The Kier molecular flexibility index (Phi) is 3.46. The van der Waals surface area contributed by atoms with Gasteiger partial charge in [-0.1, -0.05) is 12.8 Å². The van der Waals surface area contributed by atoms with Crippen molar-refractivity contribution in [2.45, 2.75) is 50.0 Å². The Morgan fingerprint density at radius 3 is 2.96 bits per heavy atom. The number of imidazole rings is 1. The fourth-order valence-electron chi connectivity index (χ4n) is 5.99. The van der Waals surface area contributed by atoms with Gasteiger partial charge in [0.1, 0.15) is 5.75 Å². The predicted octanol–water partition coefficient (Wildman–Crippen LogP) is 3.57. The number of nitrogens with zero attached hydrogens (tertiary/aromatic N) is 3. The Morgan fingerprint density at radius 1 is 1.24 bits per heavy atom. The topological polar surface area (TPSA) is 30.3 Å². The van der Waals surface area contributed by atoms with Gasteiger partial charge in [0.05, 0.1) is 19.1 Å². The summed E-state index contributed by atoms with van der Waals surface area (Å²) in [5.41, 5.74) is 4.61. The fraction of sp³-hybridized carbons (Fsp3) is 0.571. The number of fused-ring (bicyclic) bond motifs is 1. The summed E-state index contributed by atoms with van der Waals surface area (Å²) in [4.78, 5) is 6.84. The molecule has 0 N–H and O–H groups in total. The van der Waals surface area contributed by atoms with Gasteiger partial charge in [-0.25, -0.2) is 4.98 Å². The minimum atomic E-state index is 0.379. The maximum absolute atomic E-state index is 5.81. The van der Waals surface area contributed by atoms with Crippen LogP contribution >= 0.6 is 0 Å². The van der Waals surface area contributed by atoms with E-state index in [4.69, 9.17) is 4.74 Å². The van der Waals surface area contributed by atoms with E-state index in [-0.39, 0.29) is 0 Å². The van der Waals surface area contributed by atoms with E-state index in [1.807, 2.05) is 18.7 Å². The normalized spacial score (nSPS) is 31.3. The molecule has 2 aliphatic carbocycles. The molecule has 3 aliphatic rings. The molecule has 4 heteroatoms. The molecule has 4 nitrogen and oxygen atoms in total. The van der Waals surface area contributed by atoms with Crippen LogP contribution in [0.2, 0.25) is 0 Å². The van der Waals surface area contributed by atoms with Gasteiger partial charge in [0, 0.05) is 23.9 Å². The number of hydrogen-bond donors (Lipinski definition) is 0. The van der Waals surface area contributed by atoms with Gasteiger partial charge in [-0.2, -0.15) is 0 Å². The number of benzene rings is 1. The number of likely N-dealkylation sites (N-methyl/N-ethyl adjacent to an activating group) is 1. The first-order valence-corrected chi connectivity index (χ1v) is 9.63. The summed E-state index contributed by atoms with van der Waals surface area (Å²) in [6, 6.07) is 5.43. The second-order valence-corrected chi connectivity index (χ2v) is 8.16. The summed E-state index contributed by atoms with van der Waals surface area (Å²) in [5, 5.41) is 0. The summed E-state index contributed by atoms with van der Waals surface area (Å²) in [6.45, 7) is 1.23. The van der Waals surface area contributed by atoms with Gasteiger partial charge in [0.25, 0.3) is 0 Å². The molecule has 1 aliphatic heterocycles. The van der Waals surface area contributed by atoms with Crippen LogP contribution in [0.3, 0.4) is 0 Å². The molecule has 5 rings (SSSR count). The van der Waals surface area contributed by atoms with Crippen LogP contribution in [-0.4, -0.2) is 41.2 Å². The summed E-state index contributed by atoms with van der Waals surface area (Å²) in [6.07, 6.45) is 13.7. The number of ether oxygens (including phenoxy) is 1. The quantitative estimate of drug-likeness (QED) is 0.839. The van der Waals surface area contributed by atoms with Crippen LogP contribution in [0.1, 0.15) is 43.2 Å². The summed E-state index contributed by atoms with van der Waals surface area (Å²) in [7, 11) is 4.12. The lowest BCUT2D eigenvalue weighted by Crippen LogP contribution is -2.59. The highest BCUT2D eigenvalue weighted by atomic mass is 16.5. The number of aromatic nitrogens is 2. The third kappa shape index (κ3) is 2.13. The summed E-state index contributed by atoms with van der Waals surface area (Å²) in [5.74, 6) is 1.80. The van der Waals surface area contributed by atoms with E-state index >= 15 is 0 Å². The SMILES string of the molecule is COc1cc2c(cc1-n1ccnc1)C[C@@H]1[C@H]3CCCC[C@]23CCN1C. The van der Waals surface area contributed by atoms with Crippen molar-refractivity contribution in [2.75, 3.05) is 20.7 Å². The highest BCUT2D eigenvalue weighted by molar-refractivity contribution is 5.56. The van der Waals surface area contributed by atoms with Crippen molar-refractivity contribution in [1.29, 1.82) is 0 Å². The van der Waals surface area contributed by atoms with Gasteiger partial charge in [-0.15, -0.1) is 0 Å². The molecular weight excluding hydrogens is 310 g/mol. The van der Waals surface area contributed by atoms with E-state index in [0.29, 0.717) is 11.5 Å². The van der Waals surface area contributed by atoms with Crippen LogP contribution in [0.15, 0.2) is 30.9 Å². The van der Waals surface area contributed by atoms with E-state index in [1.54, 1.807) is 12.7 Å². The Hall–Kier alpha value is -1.81. The molecule has 0 radical (unpaired) electrons. The van der Waals surface area contributed by atoms with Crippen molar-refractivity contribution < 1.29 is 4.74 Å². The van der Waals surface area contributed by atoms with Crippen molar-refractivity contribution in [3.05, 3.63) is 42.0 Å². The first-order chi connectivity index (χ1) is 12.2. The van der Waals surface area contributed by atoms with Gasteiger partial charge < -0.3 is 14.2 Å². The average Bonchev–Trinajstić information content (AvgIpc) is 3.18. The van der Waals surface area contributed by atoms with E-state index < -0.39 is 0 Å². The molecule has 2 fully saturated rings. The maximum Gasteiger partial charge on any atom is 0.143 e. The van der Waals surface area contributed by atoms with Crippen molar-refractivity contribution in [1.82, 2.24) is 14.5 Å². The molecule has 2 bridgehead atoms. The fourth-order valence-corrected chi connectivity index (χ4v) is 5.99. The van der Waals surface area contributed by atoms with Gasteiger partial charge in [0.15, 0.2) is 0 Å². The number of likely N-dealkylation sites (tertiary alicyclic amines) is 1. The molecule has 1 aromatic carbocycles. The standard InChI is InChI=1S/C21H27N3O/c1-23-9-7-21-6-4-3-5-16(21)18(23)11-15-12-19(24-10-8-22-14-24)20(25-2)13-17(15)21/h8,10,12-14,16,18H,3-7,9,11H2,1-2H3/t16-,18-,21-/m1/s1. The van der Waals surface area contributed by atoms with Crippen LogP contribution < -0.4 is 4.74 Å². The number of piperidine rings is 1. The zero-order valence-electron chi connectivity index (χ0n) is 15.2. The molecule has 0 unspecified atom stereocenters. The van der Waals surface area contributed by atoms with Gasteiger partial charge in [-0.05, 0) is 68.5 Å². The molecule has 2 aromatic rings. The van der Waals surface area contributed by atoms with E-state index in [9.17, 15) is 0 Å². The smallest absolute Gasteiger partial charge is 0.143 e. The van der Waals surface area contributed by atoms with Crippen LogP contribution in [-0.2, 0) is 11.8 Å². The third-order valence-corrected chi connectivity index (χ3v) is 7.19. The first-order valence-electron chi connectivity index (χ1n) is 9.63. The second-order valence-electron chi connectivity index (χ2n) is 8.16. The minimum absolute atomic E-state index is 0.379. The molecule has 1 saturated heterocycles. The Morgan fingerprint density at radius 2 is 2.16 bits per heavy atom. The second kappa shape index (κ2) is 5.60.